The Labute approximate surface area is 126 Å². The summed E-state index contributed by atoms with van der Waals surface area (Å²) in [5, 5.41) is 12.6. The van der Waals surface area contributed by atoms with Crippen LogP contribution in [0.3, 0.4) is 0 Å². The van der Waals surface area contributed by atoms with Crippen molar-refractivity contribution in [2.75, 3.05) is 13.1 Å². The zero-order valence-corrected chi connectivity index (χ0v) is 12.1. The molecule has 1 amide bonds. The molecule has 0 aliphatic carbocycles. The van der Waals surface area contributed by atoms with E-state index in [4.69, 9.17) is 28.3 Å². The quantitative estimate of drug-likeness (QED) is 0.888. The summed E-state index contributed by atoms with van der Waals surface area (Å²) in [7, 11) is 0. The van der Waals surface area contributed by atoms with E-state index >= 15 is 0 Å². The first kappa shape index (κ1) is 15.1. The number of carboxylic acids is 1. The Hall–Kier alpha value is -1.30. The van der Waals surface area contributed by atoms with Crippen molar-refractivity contribution in [2.24, 2.45) is 0 Å². The average Bonchev–Trinajstić information content (AvgIpc) is 2.36. The number of benzene rings is 1. The maximum absolute atomic E-state index is 11.8. The lowest BCUT2D eigenvalue weighted by Gasteiger charge is -2.34. The second-order valence-corrected chi connectivity index (χ2v) is 5.45. The number of carbonyl (C=O) groups excluding carboxylic acids is 1. The van der Waals surface area contributed by atoms with Crippen molar-refractivity contribution < 1.29 is 14.7 Å². The molecular weight excluding hydrogens is 303 g/mol. The SMILES string of the molecule is O=C(O)CC1C(=O)NCCN1Cc1ccc(Cl)cc1Cl. The van der Waals surface area contributed by atoms with Gasteiger partial charge in [-0.25, -0.2) is 0 Å². The maximum Gasteiger partial charge on any atom is 0.305 e. The van der Waals surface area contributed by atoms with E-state index in [0.717, 1.165) is 5.56 Å². The molecule has 1 fully saturated rings. The number of piperazine rings is 1. The average molecular weight is 317 g/mol. The van der Waals surface area contributed by atoms with E-state index in [1.165, 1.54) is 0 Å². The summed E-state index contributed by atoms with van der Waals surface area (Å²) in [6.07, 6.45) is -0.225. The Morgan fingerprint density at radius 1 is 1.45 bits per heavy atom. The number of carboxylic acid groups (broad SMARTS) is 1. The standard InChI is InChI=1S/C13H14Cl2N2O3/c14-9-2-1-8(10(15)5-9)7-17-4-3-16-13(20)11(17)6-12(18)19/h1-2,5,11H,3-4,6-7H2,(H,16,20)(H,18,19). The number of rotatable bonds is 4. The van der Waals surface area contributed by atoms with Crippen LogP contribution in [0.1, 0.15) is 12.0 Å². The van der Waals surface area contributed by atoms with Crippen molar-refractivity contribution in [3.8, 4) is 0 Å². The molecule has 0 aromatic heterocycles. The topological polar surface area (TPSA) is 69.6 Å². The molecule has 108 valence electrons. The summed E-state index contributed by atoms with van der Waals surface area (Å²) in [5.41, 5.74) is 0.821. The monoisotopic (exact) mass is 316 g/mol. The van der Waals surface area contributed by atoms with Crippen LogP contribution in [0.25, 0.3) is 0 Å². The van der Waals surface area contributed by atoms with E-state index in [1.807, 2.05) is 4.90 Å². The number of halogens is 2. The Morgan fingerprint density at radius 3 is 2.85 bits per heavy atom. The van der Waals surface area contributed by atoms with Gasteiger partial charge in [0.05, 0.1) is 6.42 Å². The summed E-state index contributed by atoms with van der Waals surface area (Å²) < 4.78 is 0. The maximum atomic E-state index is 11.8. The van der Waals surface area contributed by atoms with Gasteiger partial charge in [0, 0.05) is 29.7 Å². The molecule has 1 aromatic carbocycles. The Bertz CT molecular complexity index is 536. The molecule has 1 atom stereocenters. The van der Waals surface area contributed by atoms with E-state index in [0.29, 0.717) is 29.7 Å². The highest BCUT2D eigenvalue weighted by atomic mass is 35.5. The van der Waals surface area contributed by atoms with E-state index in [1.54, 1.807) is 18.2 Å². The molecule has 1 heterocycles. The molecule has 2 N–H and O–H groups in total. The first-order valence-electron chi connectivity index (χ1n) is 6.15. The molecule has 20 heavy (non-hydrogen) atoms. The lowest BCUT2D eigenvalue weighted by molar-refractivity contribution is -0.143. The molecule has 0 radical (unpaired) electrons. The van der Waals surface area contributed by atoms with Gasteiger partial charge in [-0.3, -0.25) is 14.5 Å². The van der Waals surface area contributed by atoms with Gasteiger partial charge in [0.15, 0.2) is 0 Å². The molecule has 0 spiro atoms. The van der Waals surface area contributed by atoms with Crippen LogP contribution < -0.4 is 5.32 Å². The van der Waals surface area contributed by atoms with Crippen LogP contribution >= 0.6 is 23.2 Å². The van der Waals surface area contributed by atoms with Crippen LogP contribution in [-0.2, 0) is 16.1 Å². The van der Waals surface area contributed by atoms with E-state index in [9.17, 15) is 9.59 Å². The number of nitrogens with zero attached hydrogens (tertiary/aromatic N) is 1. The first-order valence-corrected chi connectivity index (χ1v) is 6.90. The van der Waals surface area contributed by atoms with Crippen molar-refractivity contribution in [3.63, 3.8) is 0 Å². The van der Waals surface area contributed by atoms with Crippen molar-refractivity contribution in [2.45, 2.75) is 19.0 Å². The number of carbonyl (C=O) groups is 2. The van der Waals surface area contributed by atoms with E-state index < -0.39 is 12.0 Å². The molecule has 1 saturated heterocycles. The lowest BCUT2D eigenvalue weighted by Crippen LogP contribution is -2.55. The predicted molar refractivity (Wildman–Crippen MR) is 75.9 cm³/mol. The predicted octanol–water partition coefficient (Wildman–Crippen LogP) is 1.77. The number of hydrogen-bond acceptors (Lipinski definition) is 3. The molecular formula is C13H14Cl2N2O3. The Kier molecular flexibility index (Phi) is 4.86. The number of aliphatic carboxylic acids is 1. The highest BCUT2D eigenvalue weighted by Crippen LogP contribution is 2.23. The summed E-state index contributed by atoms with van der Waals surface area (Å²) >= 11 is 12.0. The van der Waals surface area contributed by atoms with Gasteiger partial charge in [-0.1, -0.05) is 29.3 Å². The van der Waals surface area contributed by atoms with E-state index in [-0.39, 0.29) is 12.3 Å². The third-order valence-corrected chi connectivity index (χ3v) is 3.79. The molecule has 5 nitrogen and oxygen atoms in total. The van der Waals surface area contributed by atoms with Gasteiger partial charge < -0.3 is 10.4 Å². The second-order valence-electron chi connectivity index (χ2n) is 4.61. The number of hydrogen-bond donors (Lipinski definition) is 2. The second kappa shape index (κ2) is 6.43. The summed E-state index contributed by atoms with van der Waals surface area (Å²) in [6.45, 7) is 1.50. The fourth-order valence-electron chi connectivity index (χ4n) is 2.21. The minimum Gasteiger partial charge on any atom is -0.481 e. The molecule has 2 rings (SSSR count). The Morgan fingerprint density at radius 2 is 2.20 bits per heavy atom. The molecule has 1 aromatic rings. The molecule has 1 unspecified atom stereocenters. The smallest absolute Gasteiger partial charge is 0.305 e. The lowest BCUT2D eigenvalue weighted by atomic mass is 10.1. The fourth-order valence-corrected chi connectivity index (χ4v) is 2.68. The first-order chi connectivity index (χ1) is 9.47. The summed E-state index contributed by atoms with van der Waals surface area (Å²) in [4.78, 5) is 24.5. The van der Waals surface area contributed by atoms with Crippen molar-refractivity contribution in [3.05, 3.63) is 33.8 Å². The van der Waals surface area contributed by atoms with Gasteiger partial charge in [-0.15, -0.1) is 0 Å². The third-order valence-electron chi connectivity index (χ3n) is 3.20. The zero-order chi connectivity index (χ0) is 14.7. The minimum atomic E-state index is -1.00. The number of amides is 1. The van der Waals surface area contributed by atoms with Gasteiger partial charge in [0.25, 0.3) is 0 Å². The third kappa shape index (κ3) is 3.62. The largest absolute Gasteiger partial charge is 0.481 e. The highest BCUT2D eigenvalue weighted by Gasteiger charge is 2.31. The van der Waals surface area contributed by atoms with Crippen LogP contribution in [0.15, 0.2) is 18.2 Å². The van der Waals surface area contributed by atoms with Gasteiger partial charge in [0.1, 0.15) is 6.04 Å². The fraction of sp³-hybridized carbons (Fsp3) is 0.385. The zero-order valence-electron chi connectivity index (χ0n) is 10.6. The van der Waals surface area contributed by atoms with Crippen LogP contribution in [-0.4, -0.2) is 41.0 Å². The molecule has 1 aliphatic heterocycles. The minimum absolute atomic E-state index is 0.225. The van der Waals surface area contributed by atoms with Crippen molar-refractivity contribution in [1.29, 1.82) is 0 Å². The van der Waals surface area contributed by atoms with Crippen LogP contribution in [0.4, 0.5) is 0 Å². The van der Waals surface area contributed by atoms with Gasteiger partial charge in [0.2, 0.25) is 5.91 Å². The van der Waals surface area contributed by atoms with Gasteiger partial charge in [-0.05, 0) is 17.7 Å². The normalized spacial score (nSPS) is 19.7. The van der Waals surface area contributed by atoms with Crippen molar-refractivity contribution >= 4 is 35.1 Å². The van der Waals surface area contributed by atoms with Crippen LogP contribution in [0, 0.1) is 0 Å². The number of nitrogens with one attached hydrogen (secondary N) is 1. The van der Waals surface area contributed by atoms with Crippen LogP contribution in [0.5, 0.6) is 0 Å². The van der Waals surface area contributed by atoms with Crippen LogP contribution in [0.2, 0.25) is 10.0 Å². The highest BCUT2D eigenvalue weighted by molar-refractivity contribution is 6.35. The van der Waals surface area contributed by atoms with Gasteiger partial charge in [-0.2, -0.15) is 0 Å². The Balaban J connectivity index is 2.16. The molecule has 7 heteroatoms. The van der Waals surface area contributed by atoms with Crippen molar-refractivity contribution in [1.82, 2.24) is 10.2 Å². The summed E-state index contributed by atoms with van der Waals surface area (Å²) in [5.74, 6) is -1.26. The molecule has 0 bridgehead atoms. The molecule has 0 saturated carbocycles. The summed E-state index contributed by atoms with van der Waals surface area (Å²) in [6, 6.07) is 4.47. The van der Waals surface area contributed by atoms with Gasteiger partial charge >= 0.3 is 5.97 Å². The van der Waals surface area contributed by atoms with E-state index in [2.05, 4.69) is 5.32 Å². The molecule has 1 aliphatic rings.